The first-order valence-electron chi connectivity index (χ1n) is 5.93. The lowest BCUT2D eigenvalue weighted by Gasteiger charge is -2.24. The average Bonchev–Trinajstić information content (AvgIpc) is 2.34. The maximum atomic E-state index is 6.05. The van der Waals surface area contributed by atoms with Crippen LogP contribution in [0.25, 0.3) is 0 Å². The SMILES string of the molecule is CCC(Cl)CCCCC[Si](OC)(OC)OC. The number of alkyl halides is 1. The molecule has 0 spiro atoms. The van der Waals surface area contributed by atoms with Gasteiger partial charge in [-0.1, -0.05) is 19.8 Å². The van der Waals surface area contributed by atoms with Gasteiger partial charge in [0.2, 0.25) is 0 Å². The molecule has 0 aliphatic rings. The average molecular weight is 269 g/mol. The Morgan fingerprint density at radius 2 is 1.56 bits per heavy atom. The van der Waals surface area contributed by atoms with Crippen molar-refractivity contribution in [2.24, 2.45) is 0 Å². The predicted octanol–water partition coefficient (Wildman–Crippen LogP) is 3.44. The second-order valence-electron chi connectivity index (χ2n) is 3.90. The van der Waals surface area contributed by atoms with Gasteiger partial charge in [-0.3, -0.25) is 0 Å². The van der Waals surface area contributed by atoms with E-state index in [4.69, 9.17) is 24.9 Å². The minimum absolute atomic E-state index is 0.328. The Morgan fingerprint density at radius 1 is 1.00 bits per heavy atom. The standard InChI is InChI=1S/C11H25ClO3Si/c1-5-11(12)9-7-6-8-10-16(13-2,14-3)15-4/h11H,5-10H2,1-4H3. The number of hydrogen-bond acceptors (Lipinski definition) is 3. The highest BCUT2D eigenvalue weighted by Crippen LogP contribution is 2.19. The first-order valence-corrected chi connectivity index (χ1v) is 8.30. The second kappa shape index (κ2) is 9.42. The molecule has 0 fully saturated rings. The Morgan fingerprint density at radius 3 is 2.00 bits per heavy atom. The minimum Gasteiger partial charge on any atom is -0.377 e. The van der Waals surface area contributed by atoms with Crippen LogP contribution in [0, 0.1) is 0 Å². The predicted molar refractivity (Wildman–Crippen MR) is 70.0 cm³/mol. The Bertz CT molecular complexity index is 157. The zero-order valence-electron chi connectivity index (χ0n) is 10.9. The highest BCUT2D eigenvalue weighted by Gasteiger charge is 2.36. The van der Waals surface area contributed by atoms with Crippen LogP contribution in [0.1, 0.15) is 39.0 Å². The van der Waals surface area contributed by atoms with Gasteiger partial charge in [0.1, 0.15) is 0 Å². The van der Waals surface area contributed by atoms with Gasteiger partial charge in [0.05, 0.1) is 0 Å². The van der Waals surface area contributed by atoms with E-state index in [1.807, 2.05) is 0 Å². The van der Waals surface area contributed by atoms with E-state index < -0.39 is 8.80 Å². The summed E-state index contributed by atoms with van der Waals surface area (Å²) in [5.41, 5.74) is 0. The van der Waals surface area contributed by atoms with E-state index in [9.17, 15) is 0 Å². The van der Waals surface area contributed by atoms with Gasteiger partial charge in [0, 0.05) is 32.8 Å². The van der Waals surface area contributed by atoms with E-state index >= 15 is 0 Å². The molecule has 0 bridgehead atoms. The van der Waals surface area contributed by atoms with Crippen LogP contribution in [0.2, 0.25) is 6.04 Å². The Kier molecular flexibility index (Phi) is 9.65. The van der Waals surface area contributed by atoms with Gasteiger partial charge in [0.25, 0.3) is 0 Å². The molecule has 0 rings (SSSR count). The quantitative estimate of drug-likeness (QED) is 0.345. The molecule has 5 heteroatoms. The smallest absolute Gasteiger partial charge is 0.377 e. The zero-order chi connectivity index (χ0) is 12.4. The molecular weight excluding hydrogens is 244 g/mol. The lowest BCUT2D eigenvalue weighted by molar-refractivity contribution is 0.122. The van der Waals surface area contributed by atoms with E-state index in [0.717, 1.165) is 31.7 Å². The van der Waals surface area contributed by atoms with Gasteiger partial charge in [-0.05, 0) is 19.3 Å². The van der Waals surface area contributed by atoms with Crippen molar-refractivity contribution in [3.05, 3.63) is 0 Å². The minimum atomic E-state index is -2.34. The van der Waals surface area contributed by atoms with Crippen molar-refractivity contribution >= 4 is 20.4 Å². The molecule has 0 saturated heterocycles. The number of unbranched alkanes of at least 4 members (excludes halogenated alkanes) is 2. The number of rotatable bonds is 10. The van der Waals surface area contributed by atoms with Crippen LogP contribution in [0.3, 0.4) is 0 Å². The van der Waals surface area contributed by atoms with E-state index in [0.29, 0.717) is 5.38 Å². The zero-order valence-corrected chi connectivity index (χ0v) is 12.7. The number of halogens is 1. The fourth-order valence-electron chi connectivity index (χ4n) is 1.64. The molecule has 3 nitrogen and oxygen atoms in total. The third-order valence-corrected chi connectivity index (χ3v) is 6.24. The van der Waals surface area contributed by atoms with Gasteiger partial charge in [-0.25, -0.2) is 0 Å². The summed E-state index contributed by atoms with van der Waals surface area (Å²) in [6.45, 7) is 2.12. The van der Waals surface area contributed by atoms with Crippen molar-refractivity contribution < 1.29 is 13.3 Å². The third-order valence-electron chi connectivity index (χ3n) is 2.88. The third kappa shape index (κ3) is 6.20. The molecule has 0 aromatic heterocycles. The maximum absolute atomic E-state index is 6.05. The van der Waals surface area contributed by atoms with Crippen LogP contribution in [0.15, 0.2) is 0 Å². The van der Waals surface area contributed by atoms with Crippen molar-refractivity contribution in [1.82, 2.24) is 0 Å². The van der Waals surface area contributed by atoms with Crippen LogP contribution in [-0.4, -0.2) is 35.5 Å². The molecule has 0 amide bonds. The van der Waals surface area contributed by atoms with Crippen molar-refractivity contribution in [2.45, 2.75) is 50.4 Å². The first-order chi connectivity index (χ1) is 7.64. The van der Waals surface area contributed by atoms with Gasteiger partial charge < -0.3 is 13.3 Å². The summed E-state index contributed by atoms with van der Waals surface area (Å²) >= 11 is 6.05. The van der Waals surface area contributed by atoms with Crippen LogP contribution in [0.4, 0.5) is 0 Å². The molecule has 0 aromatic carbocycles. The van der Waals surface area contributed by atoms with Crippen LogP contribution in [0.5, 0.6) is 0 Å². The highest BCUT2D eigenvalue weighted by molar-refractivity contribution is 6.60. The van der Waals surface area contributed by atoms with E-state index in [1.54, 1.807) is 21.3 Å². The molecule has 0 aliphatic carbocycles. The summed E-state index contributed by atoms with van der Waals surface area (Å²) in [7, 11) is 2.64. The molecule has 98 valence electrons. The molecule has 0 N–H and O–H groups in total. The monoisotopic (exact) mass is 268 g/mol. The van der Waals surface area contributed by atoms with Gasteiger partial charge >= 0.3 is 8.80 Å². The van der Waals surface area contributed by atoms with Crippen LogP contribution < -0.4 is 0 Å². The van der Waals surface area contributed by atoms with Crippen LogP contribution >= 0.6 is 11.6 Å². The molecule has 0 heterocycles. The fourth-order valence-corrected chi connectivity index (χ4v) is 3.59. The summed E-state index contributed by atoms with van der Waals surface area (Å²) in [4.78, 5) is 0. The molecule has 16 heavy (non-hydrogen) atoms. The molecule has 0 radical (unpaired) electrons. The summed E-state index contributed by atoms with van der Waals surface area (Å²) in [5, 5.41) is 0.328. The van der Waals surface area contributed by atoms with Crippen LogP contribution in [-0.2, 0) is 13.3 Å². The summed E-state index contributed by atoms with van der Waals surface area (Å²) < 4.78 is 16.1. The van der Waals surface area contributed by atoms with Gasteiger partial charge in [-0.2, -0.15) is 0 Å². The van der Waals surface area contributed by atoms with Crippen molar-refractivity contribution in [3.63, 3.8) is 0 Å². The first kappa shape index (κ1) is 16.4. The molecule has 1 atom stereocenters. The topological polar surface area (TPSA) is 27.7 Å². The van der Waals surface area contributed by atoms with Crippen molar-refractivity contribution in [2.75, 3.05) is 21.3 Å². The molecule has 0 aromatic rings. The Hall–Kier alpha value is 0.387. The molecule has 1 unspecified atom stereocenters. The molecular formula is C11H25ClO3Si. The lowest BCUT2D eigenvalue weighted by atomic mass is 10.1. The van der Waals surface area contributed by atoms with Gasteiger partial charge in [0.15, 0.2) is 0 Å². The van der Waals surface area contributed by atoms with Gasteiger partial charge in [-0.15, -0.1) is 11.6 Å². The largest absolute Gasteiger partial charge is 0.500 e. The van der Waals surface area contributed by atoms with E-state index in [1.165, 1.54) is 6.42 Å². The summed E-state index contributed by atoms with van der Waals surface area (Å²) in [6.07, 6.45) is 5.56. The maximum Gasteiger partial charge on any atom is 0.500 e. The molecule has 0 saturated carbocycles. The lowest BCUT2D eigenvalue weighted by Crippen LogP contribution is -2.42. The summed E-state index contributed by atoms with van der Waals surface area (Å²) in [6, 6.07) is 0.885. The fraction of sp³-hybridized carbons (Fsp3) is 1.00. The van der Waals surface area contributed by atoms with E-state index in [-0.39, 0.29) is 0 Å². The normalized spacial score (nSPS) is 14.1. The Balaban J connectivity index is 3.63. The Labute approximate surface area is 106 Å². The number of hydrogen-bond donors (Lipinski definition) is 0. The van der Waals surface area contributed by atoms with Crippen molar-refractivity contribution in [3.8, 4) is 0 Å². The van der Waals surface area contributed by atoms with E-state index in [2.05, 4.69) is 6.92 Å². The highest BCUT2D eigenvalue weighted by atomic mass is 35.5. The summed E-state index contributed by atoms with van der Waals surface area (Å²) in [5.74, 6) is 0. The van der Waals surface area contributed by atoms with Crippen molar-refractivity contribution in [1.29, 1.82) is 0 Å². The second-order valence-corrected chi connectivity index (χ2v) is 7.61. The molecule has 0 aliphatic heterocycles.